The van der Waals surface area contributed by atoms with Crippen molar-refractivity contribution in [1.82, 2.24) is 5.32 Å². The Hall–Kier alpha value is -2.20. The fourth-order valence-electron chi connectivity index (χ4n) is 2.70. The highest BCUT2D eigenvalue weighted by Gasteiger charge is 2.23. The molecule has 0 radical (unpaired) electrons. The Kier molecular flexibility index (Phi) is 3.24. The highest BCUT2D eigenvalue weighted by molar-refractivity contribution is 5.50. The van der Waals surface area contributed by atoms with Gasteiger partial charge in [-0.3, -0.25) is 0 Å². The van der Waals surface area contributed by atoms with Crippen LogP contribution in [0.25, 0.3) is 0 Å². The van der Waals surface area contributed by atoms with Crippen LogP contribution in [-0.4, -0.2) is 23.9 Å². The topological polar surface area (TPSA) is 61.7 Å². The van der Waals surface area contributed by atoms with Crippen molar-refractivity contribution in [1.29, 1.82) is 0 Å². The zero-order chi connectivity index (χ0) is 14.1. The summed E-state index contributed by atoms with van der Waals surface area (Å²) in [5, 5.41) is 22.8. The van der Waals surface area contributed by atoms with Gasteiger partial charge in [0.1, 0.15) is 5.75 Å². The van der Waals surface area contributed by atoms with Gasteiger partial charge < -0.3 is 20.3 Å². The zero-order valence-electron chi connectivity index (χ0n) is 11.3. The van der Waals surface area contributed by atoms with E-state index in [1.165, 1.54) is 0 Å². The molecule has 4 nitrogen and oxygen atoms in total. The van der Waals surface area contributed by atoms with E-state index in [0.29, 0.717) is 0 Å². The molecule has 0 fully saturated rings. The maximum atomic E-state index is 9.74. The number of benzene rings is 2. The van der Waals surface area contributed by atoms with Crippen LogP contribution in [0.5, 0.6) is 17.2 Å². The molecule has 0 saturated heterocycles. The summed E-state index contributed by atoms with van der Waals surface area (Å²) in [6.45, 7) is 0.832. The quantitative estimate of drug-likeness (QED) is 0.734. The number of aromatic hydroxyl groups is 2. The first kappa shape index (κ1) is 12.8. The molecule has 1 atom stereocenters. The van der Waals surface area contributed by atoms with Crippen molar-refractivity contribution in [3.8, 4) is 17.2 Å². The van der Waals surface area contributed by atoms with Crippen molar-refractivity contribution in [2.75, 3.05) is 13.7 Å². The number of rotatable bonds is 2. The van der Waals surface area contributed by atoms with Gasteiger partial charge in [-0.15, -0.1) is 0 Å². The molecule has 3 rings (SSSR count). The average molecular weight is 271 g/mol. The molecule has 0 bridgehead atoms. The van der Waals surface area contributed by atoms with Crippen LogP contribution in [0.15, 0.2) is 36.4 Å². The first-order valence-electron chi connectivity index (χ1n) is 6.61. The number of phenols is 2. The standard InChI is InChI=1S/C16H17NO3/c1-20-12-4-2-3-11(7-12)16-13-9-15(19)14(18)8-10(13)5-6-17-16/h2-4,7-9,16-19H,5-6H2,1H3. The first-order chi connectivity index (χ1) is 9.69. The molecule has 1 heterocycles. The summed E-state index contributed by atoms with van der Waals surface area (Å²) < 4.78 is 5.26. The normalized spacial score (nSPS) is 17.6. The second-order valence-corrected chi connectivity index (χ2v) is 4.95. The molecule has 2 aromatic carbocycles. The Bertz CT molecular complexity index is 640. The number of phenolic OH excluding ortho intramolecular Hbond substituents is 2. The molecule has 3 N–H and O–H groups in total. The Morgan fingerprint density at radius 1 is 1.15 bits per heavy atom. The number of ether oxygens (including phenoxy) is 1. The summed E-state index contributed by atoms with van der Waals surface area (Å²) in [7, 11) is 1.64. The lowest BCUT2D eigenvalue weighted by molar-refractivity contribution is 0.400. The summed E-state index contributed by atoms with van der Waals surface area (Å²) in [6.07, 6.45) is 0.837. The van der Waals surface area contributed by atoms with Crippen molar-refractivity contribution in [2.45, 2.75) is 12.5 Å². The van der Waals surface area contributed by atoms with E-state index in [0.717, 1.165) is 35.4 Å². The second kappa shape index (κ2) is 5.06. The molecule has 1 aliphatic heterocycles. The predicted molar refractivity (Wildman–Crippen MR) is 76.3 cm³/mol. The number of hydrogen-bond donors (Lipinski definition) is 3. The van der Waals surface area contributed by atoms with Crippen LogP contribution in [0.4, 0.5) is 0 Å². The summed E-state index contributed by atoms with van der Waals surface area (Å²) in [5.74, 6) is 0.662. The van der Waals surface area contributed by atoms with Gasteiger partial charge in [0, 0.05) is 6.54 Å². The highest BCUT2D eigenvalue weighted by atomic mass is 16.5. The Labute approximate surface area is 117 Å². The van der Waals surface area contributed by atoms with Crippen LogP contribution in [0.2, 0.25) is 0 Å². The average Bonchev–Trinajstić information content (AvgIpc) is 2.48. The Morgan fingerprint density at radius 2 is 1.95 bits per heavy atom. The third kappa shape index (κ3) is 2.18. The number of fused-ring (bicyclic) bond motifs is 1. The Balaban J connectivity index is 2.06. The van der Waals surface area contributed by atoms with Crippen molar-refractivity contribution in [2.24, 2.45) is 0 Å². The fourth-order valence-corrected chi connectivity index (χ4v) is 2.70. The molecule has 104 valence electrons. The highest BCUT2D eigenvalue weighted by Crippen LogP contribution is 2.36. The second-order valence-electron chi connectivity index (χ2n) is 4.95. The molecule has 0 spiro atoms. The van der Waals surface area contributed by atoms with E-state index in [-0.39, 0.29) is 17.5 Å². The monoisotopic (exact) mass is 271 g/mol. The first-order valence-corrected chi connectivity index (χ1v) is 6.61. The lowest BCUT2D eigenvalue weighted by atomic mass is 9.89. The van der Waals surface area contributed by atoms with Gasteiger partial charge in [0.05, 0.1) is 13.2 Å². The third-order valence-electron chi connectivity index (χ3n) is 3.72. The van der Waals surface area contributed by atoms with E-state index in [2.05, 4.69) is 5.32 Å². The molecular formula is C16H17NO3. The van der Waals surface area contributed by atoms with Gasteiger partial charge in [-0.1, -0.05) is 12.1 Å². The molecule has 20 heavy (non-hydrogen) atoms. The SMILES string of the molecule is COc1cccc(C2NCCc3cc(O)c(O)cc32)c1. The minimum atomic E-state index is -0.0830. The van der Waals surface area contributed by atoms with Gasteiger partial charge in [-0.05, 0) is 47.4 Å². The molecule has 1 aliphatic rings. The molecule has 0 amide bonds. The zero-order valence-corrected chi connectivity index (χ0v) is 11.3. The van der Waals surface area contributed by atoms with Crippen LogP contribution in [0, 0.1) is 0 Å². The molecular weight excluding hydrogens is 254 g/mol. The van der Waals surface area contributed by atoms with Gasteiger partial charge in [-0.2, -0.15) is 0 Å². The molecule has 0 aromatic heterocycles. The van der Waals surface area contributed by atoms with Crippen LogP contribution < -0.4 is 10.1 Å². The van der Waals surface area contributed by atoms with Crippen molar-refractivity contribution >= 4 is 0 Å². The maximum Gasteiger partial charge on any atom is 0.157 e. The molecule has 2 aromatic rings. The minimum Gasteiger partial charge on any atom is -0.504 e. The van der Waals surface area contributed by atoms with Crippen LogP contribution in [-0.2, 0) is 6.42 Å². The number of nitrogens with one attached hydrogen (secondary N) is 1. The van der Waals surface area contributed by atoms with Crippen molar-refractivity contribution in [3.05, 3.63) is 53.1 Å². The van der Waals surface area contributed by atoms with Gasteiger partial charge in [-0.25, -0.2) is 0 Å². The van der Waals surface area contributed by atoms with Gasteiger partial charge in [0.2, 0.25) is 0 Å². The molecule has 0 saturated carbocycles. The summed E-state index contributed by atoms with van der Waals surface area (Å²) in [6, 6.07) is 11.2. The minimum absolute atomic E-state index is 0.000324. The summed E-state index contributed by atoms with van der Waals surface area (Å²) >= 11 is 0. The smallest absolute Gasteiger partial charge is 0.157 e. The summed E-state index contributed by atoms with van der Waals surface area (Å²) in [5.41, 5.74) is 3.14. The molecule has 1 unspecified atom stereocenters. The van der Waals surface area contributed by atoms with Crippen LogP contribution in [0.3, 0.4) is 0 Å². The van der Waals surface area contributed by atoms with Crippen LogP contribution in [0.1, 0.15) is 22.7 Å². The van der Waals surface area contributed by atoms with E-state index in [1.807, 2.05) is 24.3 Å². The predicted octanol–water partition coefficient (Wildman–Crippen LogP) is 2.34. The van der Waals surface area contributed by atoms with E-state index >= 15 is 0 Å². The largest absolute Gasteiger partial charge is 0.504 e. The fraction of sp³-hybridized carbons (Fsp3) is 0.250. The van der Waals surface area contributed by atoms with Gasteiger partial charge >= 0.3 is 0 Å². The van der Waals surface area contributed by atoms with Crippen LogP contribution >= 0.6 is 0 Å². The van der Waals surface area contributed by atoms with E-state index in [4.69, 9.17) is 4.74 Å². The van der Waals surface area contributed by atoms with E-state index in [1.54, 1.807) is 19.2 Å². The van der Waals surface area contributed by atoms with Gasteiger partial charge in [0.25, 0.3) is 0 Å². The van der Waals surface area contributed by atoms with Crippen molar-refractivity contribution in [3.63, 3.8) is 0 Å². The van der Waals surface area contributed by atoms with E-state index in [9.17, 15) is 10.2 Å². The third-order valence-corrected chi connectivity index (χ3v) is 3.72. The van der Waals surface area contributed by atoms with E-state index < -0.39 is 0 Å². The number of methoxy groups -OCH3 is 1. The van der Waals surface area contributed by atoms with Crippen molar-refractivity contribution < 1.29 is 14.9 Å². The lowest BCUT2D eigenvalue weighted by Crippen LogP contribution is -2.30. The summed E-state index contributed by atoms with van der Waals surface area (Å²) in [4.78, 5) is 0. The lowest BCUT2D eigenvalue weighted by Gasteiger charge is -2.28. The number of hydrogen-bond acceptors (Lipinski definition) is 4. The maximum absolute atomic E-state index is 9.74. The molecule has 4 heteroatoms. The Morgan fingerprint density at radius 3 is 2.75 bits per heavy atom. The molecule has 0 aliphatic carbocycles. The van der Waals surface area contributed by atoms with Gasteiger partial charge in [0.15, 0.2) is 11.5 Å².